The molecule has 55 heavy (non-hydrogen) atoms. The highest BCUT2D eigenvalue weighted by Gasteiger charge is 2.23. The maximum absolute atomic E-state index is 12.1. The minimum atomic E-state index is -4.42. The van der Waals surface area contributed by atoms with Gasteiger partial charge in [0.2, 0.25) is 5.91 Å². The molecule has 0 bridgehead atoms. The van der Waals surface area contributed by atoms with Crippen LogP contribution in [0, 0.1) is 0 Å². The summed E-state index contributed by atoms with van der Waals surface area (Å²) in [4.78, 5) is 33.9. The topological polar surface area (TPSA) is 131 Å². The average Bonchev–Trinajstić information content (AvgIpc) is 3.17. The Morgan fingerprint density at radius 3 is 1.58 bits per heavy atom. The first-order chi connectivity index (χ1) is 26.8. The summed E-state index contributed by atoms with van der Waals surface area (Å²) in [5, 5.41) is 12.7. The van der Waals surface area contributed by atoms with Gasteiger partial charge in [0, 0.05) is 19.4 Å². The SMILES string of the molecule is CC/C=C\C/C=C\C/C=C\CCCCCCCCCC(=O)OCC(O)COP(=O)(O)OCCNC(=O)CCCCCCCCC/C=C\CCCCCCCC. The fraction of sp³-hybridized carbons (Fsp3) is 0.778. The van der Waals surface area contributed by atoms with E-state index in [0.717, 1.165) is 70.6 Å². The van der Waals surface area contributed by atoms with Gasteiger partial charge < -0.3 is 20.1 Å². The van der Waals surface area contributed by atoms with E-state index < -0.39 is 26.5 Å². The van der Waals surface area contributed by atoms with Gasteiger partial charge in [-0.3, -0.25) is 18.6 Å². The molecule has 0 aromatic rings. The molecule has 2 unspecified atom stereocenters. The van der Waals surface area contributed by atoms with Gasteiger partial charge in [0.1, 0.15) is 12.7 Å². The third-order valence-electron chi connectivity index (χ3n) is 9.24. The van der Waals surface area contributed by atoms with E-state index in [4.69, 9.17) is 13.8 Å². The summed E-state index contributed by atoms with van der Waals surface area (Å²) < 4.78 is 26.9. The second-order valence-electron chi connectivity index (χ2n) is 14.6. The maximum atomic E-state index is 12.1. The van der Waals surface area contributed by atoms with E-state index in [-0.39, 0.29) is 32.1 Å². The van der Waals surface area contributed by atoms with Gasteiger partial charge in [-0.2, -0.15) is 0 Å². The Hall–Kier alpha value is -2.03. The fourth-order valence-corrected chi connectivity index (χ4v) is 6.68. The number of carbonyl (C=O) groups excluding carboxylic acids is 2. The zero-order chi connectivity index (χ0) is 40.3. The quantitative estimate of drug-likeness (QED) is 0.0241. The molecule has 0 spiro atoms. The van der Waals surface area contributed by atoms with E-state index in [9.17, 15) is 24.2 Å². The molecule has 0 fully saturated rings. The van der Waals surface area contributed by atoms with Crippen molar-refractivity contribution in [3.05, 3.63) is 48.6 Å². The van der Waals surface area contributed by atoms with Crippen molar-refractivity contribution in [1.29, 1.82) is 0 Å². The van der Waals surface area contributed by atoms with E-state index in [2.05, 4.69) is 67.8 Å². The Balaban J connectivity index is 3.61. The summed E-state index contributed by atoms with van der Waals surface area (Å²) in [6, 6.07) is 0. The van der Waals surface area contributed by atoms with Crippen LogP contribution in [-0.2, 0) is 27.9 Å². The first kappa shape index (κ1) is 53.0. The predicted octanol–water partition coefficient (Wildman–Crippen LogP) is 12.3. The lowest BCUT2D eigenvalue weighted by Crippen LogP contribution is -2.27. The highest BCUT2D eigenvalue weighted by molar-refractivity contribution is 7.47. The highest BCUT2D eigenvalue weighted by atomic mass is 31.2. The van der Waals surface area contributed by atoms with Crippen LogP contribution in [0.25, 0.3) is 0 Å². The van der Waals surface area contributed by atoms with E-state index in [1.807, 2.05) is 0 Å². The minimum Gasteiger partial charge on any atom is -0.463 e. The number of allylic oxidation sites excluding steroid dienone is 8. The van der Waals surface area contributed by atoms with Crippen LogP contribution < -0.4 is 5.32 Å². The number of hydrogen-bond acceptors (Lipinski definition) is 7. The number of phosphoric ester groups is 1. The lowest BCUT2D eigenvalue weighted by Gasteiger charge is -2.15. The van der Waals surface area contributed by atoms with Crippen molar-refractivity contribution in [2.75, 3.05) is 26.4 Å². The maximum Gasteiger partial charge on any atom is 0.472 e. The molecule has 0 aliphatic rings. The predicted molar refractivity (Wildman–Crippen MR) is 229 cm³/mol. The minimum absolute atomic E-state index is 0.0774. The van der Waals surface area contributed by atoms with Crippen LogP contribution in [0.1, 0.15) is 194 Å². The lowest BCUT2D eigenvalue weighted by atomic mass is 10.1. The molecule has 3 N–H and O–H groups in total. The molecule has 0 saturated heterocycles. The number of aliphatic hydroxyl groups excluding tert-OH is 1. The third kappa shape index (κ3) is 42.9. The van der Waals surface area contributed by atoms with E-state index >= 15 is 0 Å². The van der Waals surface area contributed by atoms with Crippen LogP contribution in [0.2, 0.25) is 0 Å². The number of amides is 1. The summed E-state index contributed by atoms with van der Waals surface area (Å²) in [5.41, 5.74) is 0. The molecule has 0 aliphatic carbocycles. The first-order valence-electron chi connectivity index (χ1n) is 22.1. The number of rotatable bonds is 41. The van der Waals surface area contributed by atoms with Gasteiger partial charge in [-0.1, -0.05) is 159 Å². The van der Waals surface area contributed by atoms with Crippen molar-refractivity contribution in [1.82, 2.24) is 5.32 Å². The molecule has 0 saturated carbocycles. The molecular formula is C45H82NO8P. The second kappa shape index (κ2) is 41.6. The van der Waals surface area contributed by atoms with Gasteiger partial charge in [-0.05, 0) is 70.6 Å². The van der Waals surface area contributed by atoms with Gasteiger partial charge >= 0.3 is 13.8 Å². The van der Waals surface area contributed by atoms with Gasteiger partial charge in [-0.15, -0.1) is 0 Å². The van der Waals surface area contributed by atoms with Crippen LogP contribution in [0.15, 0.2) is 48.6 Å². The van der Waals surface area contributed by atoms with Crippen LogP contribution in [0.3, 0.4) is 0 Å². The van der Waals surface area contributed by atoms with Crippen LogP contribution in [0.4, 0.5) is 0 Å². The van der Waals surface area contributed by atoms with Crippen molar-refractivity contribution >= 4 is 19.7 Å². The number of hydrogen-bond donors (Lipinski definition) is 3. The molecule has 0 aliphatic heterocycles. The number of aliphatic hydroxyl groups is 1. The summed E-state index contributed by atoms with van der Waals surface area (Å²) >= 11 is 0. The molecule has 2 atom stereocenters. The summed E-state index contributed by atoms with van der Waals surface area (Å²) in [7, 11) is -4.42. The number of nitrogens with one attached hydrogen (secondary N) is 1. The van der Waals surface area contributed by atoms with Gasteiger partial charge in [0.25, 0.3) is 0 Å². The smallest absolute Gasteiger partial charge is 0.463 e. The third-order valence-corrected chi connectivity index (χ3v) is 10.2. The Morgan fingerprint density at radius 1 is 0.582 bits per heavy atom. The normalized spacial score (nSPS) is 13.7. The van der Waals surface area contributed by atoms with Crippen LogP contribution in [-0.4, -0.2) is 54.3 Å². The Kier molecular flexibility index (Phi) is 40.1. The molecule has 0 aromatic heterocycles. The fourth-order valence-electron chi connectivity index (χ4n) is 5.92. The number of esters is 1. The standard InChI is InChI=1S/C45H82NO8P/c1-3-5-7-9-11-13-15-17-19-21-23-25-27-29-31-33-35-37-44(48)46-39-40-53-55(50,51)54-42-43(47)41-52-45(49)38-36-34-32-30-28-26-24-22-20-18-16-14-12-10-8-6-4-2/h6,8,12,14,17-20,43,47H,3-5,7,9-11,13,15-16,21-42H2,1-2H3,(H,46,48)(H,50,51)/b8-6-,14-12-,19-17-,20-18-. The van der Waals surface area contributed by atoms with Gasteiger partial charge in [0.15, 0.2) is 0 Å². The molecule has 9 nitrogen and oxygen atoms in total. The van der Waals surface area contributed by atoms with Crippen molar-refractivity contribution in [3.63, 3.8) is 0 Å². The Labute approximate surface area is 336 Å². The number of ether oxygens (including phenoxy) is 1. The Bertz CT molecular complexity index is 1040. The molecule has 0 rings (SSSR count). The summed E-state index contributed by atoms with van der Waals surface area (Å²) in [5.74, 6) is -0.531. The number of phosphoric acid groups is 1. The molecule has 0 radical (unpaired) electrons. The number of carbonyl (C=O) groups is 2. The van der Waals surface area contributed by atoms with E-state index in [1.165, 1.54) is 96.3 Å². The second-order valence-corrected chi connectivity index (χ2v) is 16.1. The van der Waals surface area contributed by atoms with Crippen molar-refractivity contribution in [2.24, 2.45) is 0 Å². The van der Waals surface area contributed by atoms with E-state index in [1.54, 1.807) is 0 Å². The van der Waals surface area contributed by atoms with Crippen molar-refractivity contribution < 1.29 is 37.9 Å². The summed E-state index contributed by atoms with van der Waals surface area (Å²) in [6.45, 7) is 3.43. The zero-order valence-electron chi connectivity index (χ0n) is 35.1. The monoisotopic (exact) mass is 796 g/mol. The van der Waals surface area contributed by atoms with Crippen LogP contribution in [0.5, 0.6) is 0 Å². The van der Waals surface area contributed by atoms with Crippen LogP contribution >= 0.6 is 7.82 Å². The summed E-state index contributed by atoms with van der Waals surface area (Å²) in [6.07, 6.45) is 47.5. The Morgan fingerprint density at radius 2 is 1.04 bits per heavy atom. The largest absolute Gasteiger partial charge is 0.472 e. The highest BCUT2D eigenvalue weighted by Crippen LogP contribution is 2.42. The van der Waals surface area contributed by atoms with Crippen molar-refractivity contribution in [3.8, 4) is 0 Å². The van der Waals surface area contributed by atoms with Crippen molar-refractivity contribution in [2.45, 2.75) is 200 Å². The van der Waals surface area contributed by atoms with Gasteiger partial charge in [-0.25, -0.2) is 4.57 Å². The lowest BCUT2D eigenvalue weighted by molar-refractivity contribution is -0.147. The first-order valence-corrected chi connectivity index (χ1v) is 23.6. The molecule has 320 valence electrons. The van der Waals surface area contributed by atoms with E-state index in [0.29, 0.717) is 6.42 Å². The molecule has 10 heteroatoms. The zero-order valence-corrected chi connectivity index (χ0v) is 36.0. The molecule has 1 amide bonds. The molecular weight excluding hydrogens is 713 g/mol. The average molecular weight is 796 g/mol. The number of unbranched alkanes of at least 4 members (excludes halogenated alkanes) is 20. The van der Waals surface area contributed by atoms with Gasteiger partial charge in [0.05, 0.1) is 13.2 Å². The molecule has 0 aromatic carbocycles. The molecule has 0 heterocycles.